The lowest BCUT2D eigenvalue weighted by atomic mass is 10.0. The maximum absolute atomic E-state index is 13.2. The van der Waals surface area contributed by atoms with E-state index in [4.69, 9.17) is 5.73 Å². The summed E-state index contributed by atoms with van der Waals surface area (Å²) in [4.78, 5) is 23.5. The number of carbonyl (C=O) groups is 2. The second-order valence-corrected chi connectivity index (χ2v) is 5.85. The predicted octanol–water partition coefficient (Wildman–Crippen LogP) is 2.50. The summed E-state index contributed by atoms with van der Waals surface area (Å²) in [6, 6.07) is 11.8. The molecule has 1 atom stereocenters. The van der Waals surface area contributed by atoms with Crippen LogP contribution in [-0.4, -0.2) is 17.9 Å². The molecule has 0 radical (unpaired) electrons. The third kappa shape index (κ3) is 6.33. The SMILES string of the molecule is NC(=O)[C@@H](CCCc1ccccc1)NC(=O)Cc1cc(F)cc(F)c1. The second-order valence-electron chi connectivity index (χ2n) is 5.85. The Morgan fingerprint density at radius 2 is 1.64 bits per heavy atom. The molecule has 132 valence electrons. The number of hydrogen-bond donors (Lipinski definition) is 2. The Labute approximate surface area is 145 Å². The van der Waals surface area contributed by atoms with E-state index in [1.54, 1.807) is 0 Å². The number of halogens is 2. The van der Waals surface area contributed by atoms with Gasteiger partial charge in [-0.2, -0.15) is 0 Å². The molecule has 25 heavy (non-hydrogen) atoms. The topological polar surface area (TPSA) is 72.2 Å². The van der Waals surface area contributed by atoms with Crippen molar-refractivity contribution in [3.8, 4) is 0 Å². The zero-order valence-electron chi connectivity index (χ0n) is 13.7. The fourth-order valence-corrected chi connectivity index (χ4v) is 2.58. The zero-order chi connectivity index (χ0) is 18.2. The van der Waals surface area contributed by atoms with Crippen LogP contribution in [0.25, 0.3) is 0 Å². The largest absolute Gasteiger partial charge is 0.368 e. The van der Waals surface area contributed by atoms with Gasteiger partial charge in [0.1, 0.15) is 17.7 Å². The quantitative estimate of drug-likeness (QED) is 0.771. The van der Waals surface area contributed by atoms with Crippen molar-refractivity contribution in [1.29, 1.82) is 0 Å². The van der Waals surface area contributed by atoms with E-state index >= 15 is 0 Å². The van der Waals surface area contributed by atoms with Crippen LogP contribution in [0.1, 0.15) is 24.0 Å². The highest BCUT2D eigenvalue weighted by Crippen LogP contribution is 2.10. The summed E-state index contributed by atoms with van der Waals surface area (Å²) < 4.78 is 26.3. The van der Waals surface area contributed by atoms with Crippen LogP contribution in [-0.2, 0) is 22.4 Å². The minimum Gasteiger partial charge on any atom is -0.368 e. The van der Waals surface area contributed by atoms with Crippen LogP contribution in [0.4, 0.5) is 8.78 Å². The molecular weight excluding hydrogens is 326 g/mol. The summed E-state index contributed by atoms with van der Waals surface area (Å²) in [5.74, 6) is -2.64. The van der Waals surface area contributed by atoms with Crippen LogP contribution in [0.15, 0.2) is 48.5 Å². The van der Waals surface area contributed by atoms with E-state index in [0.29, 0.717) is 12.8 Å². The first kappa shape index (κ1) is 18.6. The van der Waals surface area contributed by atoms with E-state index in [1.165, 1.54) is 0 Å². The van der Waals surface area contributed by atoms with E-state index in [0.717, 1.165) is 30.2 Å². The molecule has 0 aromatic heterocycles. The van der Waals surface area contributed by atoms with Gasteiger partial charge in [0.2, 0.25) is 11.8 Å². The highest BCUT2D eigenvalue weighted by molar-refractivity contribution is 5.87. The number of aryl methyl sites for hydroxylation is 1. The maximum Gasteiger partial charge on any atom is 0.239 e. The van der Waals surface area contributed by atoms with Gasteiger partial charge in [0, 0.05) is 6.07 Å². The Hall–Kier alpha value is -2.76. The Balaban J connectivity index is 1.87. The van der Waals surface area contributed by atoms with Crippen LogP contribution >= 0.6 is 0 Å². The Morgan fingerprint density at radius 1 is 1.00 bits per heavy atom. The van der Waals surface area contributed by atoms with Crippen LogP contribution in [0.5, 0.6) is 0 Å². The molecule has 0 unspecified atom stereocenters. The van der Waals surface area contributed by atoms with Gasteiger partial charge in [0.05, 0.1) is 6.42 Å². The van der Waals surface area contributed by atoms with Crippen LogP contribution in [0.2, 0.25) is 0 Å². The molecule has 0 aliphatic carbocycles. The van der Waals surface area contributed by atoms with Gasteiger partial charge in [-0.3, -0.25) is 9.59 Å². The molecular formula is C19H20F2N2O2. The van der Waals surface area contributed by atoms with Crippen LogP contribution in [0.3, 0.4) is 0 Å². The molecule has 0 aliphatic heterocycles. The fraction of sp³-hybridized carbons (Fsp3) is 0.263. The fourth-order valence-electron chi connectivity index (χ4n) is 2.58. The number of carbonyl (C=O) groups excluding carboxylic acids is 2. The molecule has 0 saturated carbocycles. The number of nitrogens with one attached hydrogen (secondary N) is 1. The summed E-state index contributed by atoms with van der Waals surface area (Å²) in [6.45, 7) is 0. The van der Waals surface area contributed by atoms with Gasteiger partial charge < -0.3 is 11.1 Å². The van der Waals surface area contributed by atoms with Crippen molar-refractivity contribution in [1.82, 2.24) is 5.32 Å². The molecule has 6 heteroatoms. The molecule has 2 amide bonds. The number of rotatable bonds is 8. The van der Waals surface area contributed by atoms with Gasteiger partial charge in [0.25, 0.3) is 0 Å². The van der Waals surface area contributed by atoms with E-state index in [-0.39, 0.29) is 12.0 Å². The lowest BCUT2D eigenvalue weighted by molar-refractivity contribution is -0.127. The van der Waals surface area contributed by atoms with Crippen molar-refractivity contribution in [3.05, 3.63) is 71.3 Å². The Kier molecular flexibility index (Phi) is 6.62. The standard InChI is InChI=1S/C19H20F2N2O2/c20-15-9-14(10-16(21)12-15)11-18(24)23-17(19(22)25)8-4-7-13-5-2-1-3-6-13/h1-3,5-6,9-10,12,17H,4,7-8,11H2,(H2,22,25)(H,23,24)/t17-/m1/s1. The summed E-state index contributed by atoms with van der Waals surface area (Å²) in [5, 5.41) is 2.53. The monoisotopic (exact) mass is 346 g/mol. The average molecular weight is 346 g/mol. The molecule has 0 aliphatic rings. The minimum atomic E-state index is -0.811. The van der Waals surface area contributed by atoms with Gasteiger partial charge in [-0.15, -0.1) is 0 Å². The second kappa shape index (κ2) is 8.92. The number of nitrogens with two attached hydrogens (primary N) is 1. The van der Waals surface area contributed by atoms with E-state index in [9.17, 15) is 18.4 Å². The van der Waals surface area contributed by atoms with E-state index < -0.39 is 29.5 Å². The smallest absolute Gasteiger partial charge is 0.239 e. The molecule has 4 nitrogen and oxygen atoms in total. The first-order valence-electron chi connectivity index (χ1n) is 8.01. The zero-order valence-corrected chi connectivity index (χ0v) is 13.7. The van der Waals surface area contributed by atoms with Crippen LogP contribution < -0.4 is 11.1 Å². The maximum atomic E-state index is 13.2. The molecule has 0 fully saturated rings. The summed E-state index contributed by atoms with van der Waals surface area (Å²) >= 11 is 0. The molecule has 0 bridgehead atoms. The van der Waals surface area contributed by atoms with E-state index in [1.807, 2.05) is 30.3 Å². The van der Waals surface area contributed by atoms with Crippen molar-refractivity contribution >= 4 is 11.8 Å². The van der Waals surface area contributed by atoms with Gasteiger partial charge >= 0.3 is 0 Å². The normalized spacial score (nSPS) is 11.8. The minimum absolute atomic E-state index is 0.197. The number of primary amides is 1. The lowest BCUT2D eigenvalue weighted by Crippen LogP contribution is -2.45. The Bertz CT molecular complexity index is 715. The molecule has 2 rings (SSSR count). The van der Waals surface area contributed by atoms with Crippen LogP contribution in [0, 0.1) is 11.6 Å². The highest BCUT2D eigenvalue weighted by atomic mass is 19.1. The molecule has 3 N–H and O–H groups in total. The van der Waals surface area contributed by atoms with Crippen molar-refractivity contribution in [2.24, 2.45) is 5.73 Å². The number of amides is 2. The van der Waals surface area contributed by atoms with Crippen molar-refractivity contribution in [2.45, 2.75) is 31.7 Å². The van der Waals surface area contributed by atoms with Gasteiger partial charge in [-0.05, 0) is 42.5 Å². The van der Waals surface area contributed by atoms with Gasteiger partial charge in [-0.1, -0.05) is 30.3 Å². The molecule has 0 saturated heterocycles. The van der Waals surface area contributed by atoms with E-state index in [2.05, 4.69) is 5.32 Å². The number of benzene rings is 2. The third-order valence-corrected chi connectivity index (χ3v) is 3.77. The van der Waals surface area contributed by atoms with Crippen molar-refractivity contribution in [3.63, 3.8) is 0 Å². The summed E-state index contributed by atoms with van der Waals surface area (Å²) in [7, 11) is 0. The number of hydrogen-bond acceptors (Lipinski definition) is 2. The molecule has 2 aromatic carbocycles. The van der Waals surface area contributed by atoms with Crippen molar-refractivity contribution in [2.75, 3.05) is 0 Å². The predicted molar refractivity (Wildman–Crippen MR) is 90.6 cm³/mol. The lowest BCUT2D eigenvalue weighted by Gasteiger charge is -2.15. The molecule has 0 spiro atoms. The third-order valence-electron chi connectivity index (χ3n) is 3.77. The summed E-state index contributed by atoms with van der Waals surface area (Å²) in [6.07, 6.45) is 1.60. The van der Waals surface area contributed by atoms with Gasteiger partial charge in [0.15, 0.2) is 0 Å². The summed E-state index contributed by atoms with van der Waals surface area (Å²) in [5.41, 5.74) is 6.66. The first-order valence-corrected chi connectivity index (χ1v) is 8.01. The first-order chi connectivity index (χ1) is 11.9. The average Bonchev–Trinajstić information content (AvgIpc) is 2.53. The van der Waals surface area contributed by atoms with Crippen molar-refractivity contribution < 1.29 is 18.4 Å². The molecule has 2 aromatic rings. The van der Waals surface area contributed by atoms with Gasteiger partial charge in [-0.25, -0.2) is 8.78 Å². The molecule has 0 heterocycles. The highest BCUT2D eigenvalue weighted by Gasteiger charge is 2.18. The Morgan fingerprint density at radius 3 is 2.24 bits per heavy atom.